The van der Waals surface area contributed by atoms with Crippen molar-refractivity contribution < 1.29 is 4.79 Å². The molecule has 94 valence electrons. The van der Waals surface area contributed by atoms with Gasteiger partial charge >= 0.3 is 0 Å². The van der Waals surface area contributed by atoms with Gasteiger partial charge in [-0.2, -0.15) is 0 Å². The minimum Gasteiger partial charge on any atom is -0.324 e. The average molecular weight is 234 g/mol. The summed E-state index contributed by atoms with van der Waals surface area (Å²) in [5, 5.41) is 2.96. The van der Waals surface area contributed by atoms with Crippen LogP contribution in [0.1, 0.15) is 37.8 Å². The normalized spacial score (nSPS) is 11.4. The topological polar surface area (TPSA) is 55.1 Å². The smallest absolute Gasteiger partial charge is 0.244 e. The Morgan fingerprint density at radius 1 is 1.24 bits per heavy atom. The monoisotopic (exact) mass is 234 g/mol. The number of para-hydroxylation sites is 1. The van der Waals surface area contributed by atoms with E-state index in [1.807, 2.05) is 45.9 Å². The first-order valence-electron chi connectivity index (χ1n) is 6.11. The van der Waals surface area contributed by atoms with E-state index in [-0.39, 0.29) is 5.91 Å². The zero-order chi connectivity index (χ0) is 13.1. The molecule has 0 aliphatic heterocycles. The second kappa shape index (κ2) is 5.32. The van der Waals surface area contributed by atoms with E-state index in [9.17, 15) is 4.79 Å². The van der Waals surface area contributed by atoms with E-state index in [4.69, 9.17) is 5.73 Å². The molecular formula is C14H22N2O. The Bertz CT molecular complexity index is 388. The van der Waals surface area contributed by atoms with E-state index in [1.165, 1.54) is 0 Å². The molecule has 0 radical (unpaired) electrons. The van der Waals surface area contributed by atoms with Gasteiger partial charge in [-0.15, -0.1) is 0 Å². The predicted octanol–water partition coefficient (Wildman–Crippen LogP) is 2.76. The van der Waals surface area contributed by atoms with Crippen LogP contribution in [0.4, 0.5) is 5.69 Å². The molecule has 0 aliphatic carbocycles. The van der Waals surface area contributed by atoms with Crippen LogP contribution < -0.4 is 11.1 Å². The Morgan fingerprint density at radius 3 is 2.12 bits per heavy atom. The zero-order valence-electron chi connectivity index (χ0n) is 11.1. The Morgan fingerprint density at radius 2 is 1.71 bits per heavy atom. The number of aryl methyl sites for hydroxylation is 2. The summed E-state index contributed by atoms with van der Waals surface area (Å²) in [7, 11) is 0. The molecule has 1 aromatic rings. The molecule has 1 aromatic carbocycles. The van der Waals surface area contributed by atoms with Gasteiger partial charge in [0.25, 0.3) is 0 Å². The number of amides is 1. The van der Waals surface area contributed by atoms with Gasteiger partial charge in [0.1, 0.15) is 0 Å². The van der Waals surface area contributed by atoms with E-state index in [1.54, 1.807) is 0 Å². The molecule has 0 saturated carbocycles. The molecule has 0 heterocycles. The average Bonchev–Trinajstić information content (AvgIpc) is 2.32. The molecule has 1 rings (SSSR count). The summed E-state index contributed by atoms with van der Waals surface area (Å²) in [5.41, 5.74) is 8.32. The molecule has 0 bridgehead atoms. The highest BCUT2D eigenvalue weighted by molar-refractivity contribution is 5.99. The van der Waals surface area contributed by atoms with Crippen LogP contribution in [0.5, 0.6) is 0 Å². The third-order valence-electron chi connectivity index (χ3n) is 3.43. The molecule has 0 fully saturated rings. The van der Waals surface area contributed by atoms with E-state index in [0.29, 0.717) is 12.8 Å². The minimum atomic E-state index is -0.769. The van der Waals surface area contributed by atoms with E-state index < -0.39 is 5.54 Å². The number of benzene rings is 1. The molecule has 0 aromatic heterocycles. The van der Waals surface area contributed by atoms with Crippen LogP contribution in [0.2, 0.25) is 0 Å². The first kappa shape index (κ1) is 13.7. The zero-order valence-corrected chi connectivity index (χ0v) is 11.1. The summed E-state index contributed by atoms with van der Waals surface area (Å²) < 4.78 is 0. The number of carbonyl (C=O) groups excluding carboxylic acids is 1. The van der Waals surface area contributed by atoms with Gasteiger partial charge in [0.15, 0.2) is 0 Å². The standard InChI is InChI=1S/C14H22N2O/c1-5-14(15,6-2)13(17)16-12-10(3)8-7-9-11(12)4/h7-9H,5-6,15H2,1-4H3,(H,16,17). The highest BCUT2D eigenvalue weighted by Gasteiger charge is 2.30. The highest BCUT2D eigenvalue weighted by Crippen LogP contribution is 2.22. The fourth-order valence-corrected chi connectivity index (χ4v) is 1.82. The minimum absolute atomic E-state index is 0.0973. The van der Waals surface area contributed by atoms with Gasteiger partial charge in [-0.3, -0.25) is 4.79 Å². The largest absolute Gasteiger partial charge is 0.324 e. The van der Waals surface area contributed by atoms with Crippen molar-refractivity contribution in [3.8, 4) is 0 Å². The molecule has 0 atom stereocenters. The predicted molar refractivity (Wildman–Crippen MR) is 72.0 cm³/mol. The van der Waals surface area contributed by atoms with Gasteiger partial charge < -0.3 is 11.1 Å². The number of hydrogen-bond donors (Lipinski definition) is 2. The third-order valence-corrected chi connectivity index (χ3v) is 3.43. The third kappa shape index (κ3) is 2.86. The summed E-state index contributed by atoms with van der Waals surface area (Å²) in [5.74, 6) is -0.0973. The van der Waals surface area contributed by atoms with Gasteiger partial charge in [0, 0.05) is 5.69 Å². The SMILES string of the molecule is CCC(N)(CC)C(=O)Nc1c(C)cccc1C. The molecule has 0 aliphatic rings. The van der Waals surface area contributed by atoms with Crippen molar-refractivity contribution in [2.75, 3.05) is 5.32 Å². The lowest BCUT2D eigenvalue weighted by molar-refractivity contribution is -0.121. The van der Waals surface area contributed by atoms with Gasteiger partial charge in [-0.25, -0.2) is 0 Å². The second-order valence-corrected chi connectivity index (χ2v) is 4.58. The summed E-state index contributed by atoms with van der Waals surface area (Å²) in [6.07, 6.45) is 1.28. The maximum absolute atomic E-state index is 12.2. The van der Waals surface area contributed by atoms with Gasteiger partial charge in [-0.05, 0) is 37.8 Å². The van der Waals surface area contributed by atoms with Gasteiger partial charge in [0.2, 0.25) is 5.91 Å². The number of nitrogens with two attached hydrogens (primary N) is 1. The number of rotatable bonds is 4. The maximum Gasteiger partial charge on any atom is 0.244 e. The lowest BCUT2D eigenvalue weighted by Gasteiger charge is -2.26. The van der Waals surface area contributed by atoms with E-state index in [2.05, 4.69) is 5.32 Å². The number of hydrogen-bond acceptors (Lipinski definition) is 2. The van der Waals surface area contributed by atoms with Crippen molar-refractivity contribution in [3.05, 3.63) is 29.3 Å². The number of anilines is 1. The van der Waals surface area contributed by atoms with Gasteiger partial charge in [0.05, 0.1) is 5.54 Å². The van der Waals surface area contributed by atoms with Crippen molar-refractivity contribution in [2.45, 2.75) is 46.1 Å². The molecule has 0 spiro atoms. The van der Waals surface area contributed by atoms with Crippen LogP contribution >= 0.6 is 0 Å². The van der Waals surface area contributed by atoms with Crippen molar-refractivity contribution >= 4 is 11.6 Å². The van der Waals surface area contributed by atoms with E-state index in [0.717, 1.165) is 16.8 Å². The molecule has 0 saturated heterocycles. The van der Waals surface area contributed by atoms with Crippen LogP contribution in [0.25, 0.3) is 0 Å². The summed E-state index contributed by atoms with van der Waals surface area (Å²) in [6, 6.07) is 5.95. The summed E-state index contributed by atoms with van der Waals surface area (Å²) in [6.45, 7) is 7.85. The van der Waals surface area contributed by atoms with Crippen LogP contribution in [0, 0.1) is 13.8 Å². The van der Waals surface area contributed by atoms with Crippen molar-refractivity contribution in [3.63, 3.8) is 0 Å². The second-order valence-electron chi connectivity index (χ2n) is 4.58. The Balaban J connectivity index is 2.96. The highest BCUT2D eigenvalue weighted by atomic mass is 16.2. The number of carbonyl (C=O) groups is 1. The Hall–Kier alpha value is -1.35. The quantitative estimate of drug-likeness (QED) is 0.841. The summed E-state index contributed by atoms with van der Waals surface area (Å²) >= 11 is 0. The first-order chi connectivity index (χ1) is 7.94. The summed E-state index contributed by atoms with van der Waals surface area (Å²) in [4.78, 5) is 12.2. The lowest BCUT2D eigenvalue weighted by Crippen LogP contribution is -2.50. The Labute approximate surface area is 103 Å². The molecular weight excluding hydrogens is 212 g/mol. The van der Waals surface area contributed by atoms with E-state index >= 15 is 0 Å². The first-order valence-corrected chi connectivity index (χ1v) is 6.11. The van der Waals surface area contributed by atoms with Crippen LogP contribution in [-0.2, 0) is 4.79 Å². The maximum atomic E-state index is 12.2. The molecule has 17 heavy (non-hydrogen) atoms. The fourth-order valence-electron chi connectivity index (χ4n) is 1.82. The fraction of sp³-hybridized carbons (Fsp3) is 0.500. The molecule has 3 heteroatoms. The van der Waals surface area contributed by atoms with Crippen molar-refractivity contribution in [1.29, 1.82) is 0 Å². The molecule has 3 nitrogen and oxygen atoms in total. The van der Waals surface area contributed by atoms with Crippen LogP contribution in [-0.4, -0.2) is 11.4 Å². The number of nitrogens with one attached hydrogen (secondary N) is 1. The molecule has 1 amide bonds. The molecule has 0 unspecified atom stereocenters. The van der Waals surface area contributed by atoms with Crippen molar-refractivity contribution in [2.24, 2.45) is 5.73 Å². The van der Waals surface area contributed by atoms with Crippen molar-refractivity contribution in [1.82, 2.24) is 0 Å². The van der Waals surface area contributed by atoms with Gasteiger partial charge in [-0.1, -0.05) is 32.0 Å². The Kier molecular flexibility index (Phi) is 4.29. The van der Waals surface area contributed by atoms with Crippen LogP contribution in [0.3, 0.4) is 0 Å². The lowest BCUT2D eigenvalue weighted by atomic mass is 9.93. The molecule has 3 N–H and O–H groups in total. The van der Waals surface area contributed by atoms with Crippen LogP contribution in [0.15, 0.2) is 18.2 Å².